The Bertz CT molecular complexity index is 645. The van der Waals surface area contributed by atoms with Crippen LogP contribution in [0.25, 0.3) is 0 Å². The normalized spacial score (nSPS) is 20.9. The number of nitrogens with zero attached hydrogens (tertiary/aromatic N) is 2. The smallest absolute Gasteiger partial charge is 0.224 e. The first-order valence-electron chi connectivity index (χ1n) is 8.01. The van der Waals surface area contributed by atoms with Crippen LogP contribution in [0.4, 0.5) is 5.69 Å². The number of halogens is 1. The minimum Gasteiger partial charge on any atom is -0.326 e. The zero-order chi connectivity index (χ0) is 16.1. The number of hydrogen-bond acceptors (Lipinski definition) is 3. The van der Waals surface area contributed by atoms with E-state index in [1.165, 1.54) is 5.56 Å². The molecule has 0 radical (unpaired) electrons. The number of aromatic nitrogens is 2. The van der Waals surface area contributed by atoms with Gasteiger partial charge in [0.25, 0.3) is 0 Å². The second kappa shape index (κ2) is 7.55. The van der Waals surface area contributed by atoms with Gasteiger partial charge in [-0.15, -0.1) is 0 Å². The van der Waals surface area contributed by atoms with Gasteiger partial charge in [-0.1, -0.05) is 18.0 Å². The van der Waals surface area contributed by atoms with Gasteiger partial charge in [-0.05, 0) is 60.9 Å². The van der Waals surface area contributed by atoms with E-state index in [-0.39, 0.29) is 5.91 Å². The van der Waals surface area contributed by atoms with E-state index in [1.54, 1.807) is 18.5 Å². The molecule has 1 heterocycles. The molecule has 120 valence electrons. The van der Waals surface area contributed by atoms with Crippen molar-refractivity contribution in [1.29, 1.82) is 0 Å². The Morgan fingerprint density at radius 1 is 1.17 bits per heavy atom. The molecule has 0 bridgehead atoms. The van der Waals surface area contributed by atoms with Crippen LogP contribution in [-0.4, -0.2) is 15.9 Å². The molecule has 2 aromatic rings. The fourth-order valence-electron chi connectivity index (χ4n) is 3.31. The van der Waals surface area contributed by atoms with Crippen molar-refractivity contribution in [3.8, 4) is 0 Å². The van der Waals surface area contributed by atoms with E-state index < -0.39 is 0 Å². The van der Waals surface area contributed by atoms with Crippen molar-refractivity contribution in [2.75, 3.05) is 5.32 Å². The monoisotopic (exact) mass is 329 g/mol. The Labute approximate surface area is 141 Å². The number of carbonyl (C=O) groups is 1. The highest BCUT2D eigenvalue weighted by molar-refractivity contribution is 6.30. The van der Waals surface area contributed by atoms with Crippen LogP contribution in [0.1, 0.15) is 43.6 Å². The van der Waals surface area contributed by atoms with Crippen LogP contribution in [0.3, 0.4) is 0 Å². The number of carbonyl (C=O) groups excluding carboxylic acids is 1. The maximum atomic E-state index is 12.2. The highest BCUT2D eigenvalue weighted by atomic mass is 35.5. The molecule has 5 heteroatoms. The molecule has 1 aromatic carbocycles. The first-order valence-corrected chi connectivity index (χ1v) is 8.39. The molecule has 0 spiro atoms. The van der Waals surface area contributed by atoms with E-state index in [0.29, 0.717) is 23.3 Å². The standard InChI is InChI=1S/C18H20ClN3O/c19-16-4-6-17(7-5-16)22-18(23)9-13-2-1-3-14(8-13)15-10-20-12-21-11-15/h4-7,10-14H,1-3,8-9H2,(H,22,23). The maximum Gasteiger partial charge on any atom is 0.224 e. The Hall–Kier alpha value is -1.94. The summed E-state index contributed by atoms with van der Waals surface area (Å²) in [5.74, 6) is 0.960. The van der Waals surface area contributed by atoms with Crippen LogP contribution >= 0.6 is 11.6 Å². The molecule has 1 N–H and O–H groups in total. The van der Waals surface area contributed by atoms with Crippen molar-refractivity contribution in [2.24, 2.45) is 5.92 Å². The molecule has 1 aliphatic rings. The Morgan fingerprint density at radius 2 is 1.91 bits per heavy atom. The molecule has 1 aromatic heterocycles. The average Bonchev–Trinajstić information content (AvgIpc) is 2.58. The molecule has 2 unspecified atom stereocenters. The lowest BCUT2D eigenvalue weighted by atomic mass is 9.77. The predicted molar refractivity (Wildman–Crippen MR) is 91.4 cm³/mol. The fourth-order valence-corrected chi connectivity index (χ4v) is 3.43. The van der Waals surface area contributed by atoms with Gasteiger partial charge in [-0.25, -0.2) is 9.97 Å². The highest BCUT2D eigenvalue weighted by Gasteiger charge is 2.25. The van der Waals surface area contributed by atoms with E-state index in [1.807, 2.05) is 24.5 Å². The van der Waals surface area contributed by atoms with E-state index in [2.05, 4.69) is 15.3 Å². The van der Waals surface area contributed by atoms with Gasteiger partial charge < -0.3 is 5.32 Å². The third-order valence-electron chi connectivity index (χ3n) is 4.44. The summed E-state index contributed by atoms with van der Waals surface area (Å²) in [6.45, 7) is 0. The third kappa shape index (κ3) is 4.52. The molecule has 3 rings (SSSR count). The van der Waals surface area contributed by atoms with E-state index in [4.69, 9.17) is 11.6 Å². The van der Waals surface area contributed by atoms with E-state index >= 15 is 0 Å². The number of rotatable bonds is 4. The molecule has 1 saturated carbocycles. The minimum atomic E-state index is 0.0716. The van der Waals surface area contributed by atoms with Crippen LogP contribution in [0.15, 0.2) is 43.0 Å². The quantitative estimate of drug-likeness (QED) is 0.902. The lowest BCUT2D eigenvalue weighted by molar-refractivity contribution is -0.117. The summed E-state index contributed by atoms with van der Waals surface area (Å²) in [7, 11) is 0. The van der Waals surface area contributed by atoms with Crippen molar-refractivity contribution >= 4 is 23.2 Å². The van der Waals surface area contributed by atoms with Crippen LogP contribution < -0.4 is 5.32 Å². The number of amides is 1. The molecule has 23 heavy (non-hydrogen) atoms. The Morgan fingerprint density at radius 3 is 2.65 bits per heavy atom. The van der Waals surface area contributed by atoms with Crippen LogP contribution in [0.2, 0.25) is 5.02 Å². The van der Waals surface area contributed by atoms with E-state index in [9.17, 15) is 4.79 Å². The number of hydrogen-bond donors (Lipinski definition) is 1. The van der Waals surface area contributed by atoms with E-state index in [0.717, 1.165) is 31.4 Å². The van der Waals surface area contributed by atoms with Crippen molar-refractivity contribution in [2.45, 2.75) is 38.0 Å². The van der Waals surface area contributed by atoms with Gasteiger partial charge in [-0.3, -0.25) is 4.79 Å². The molecule has 1 aliphatic carbocycles. The SMILES string of the molecule is O=C(CC1CCCC(c2cncnc2)C1)Nc1ccc(Cl)cc1. The van der Waals surface area contributed by atoms with Gasteiger partial charge in [0, 0.05) is 29.5 Å². The summed E-state index contributed by atoms with van der Waals surface area (Å²) in [5.41, 5.74) is 1.98. The third-order valence-corrected chi connectivity index (χ3v) is 4.69. The first-order chi connectivity index (χ1) is 11.2. The molecular weight excluding hydrogens is 310 g/mol. The van der Waals surface area contributed by atoms with Crippen LogP contribution in [0.5, 0.6) is 0 Å². The van der Waals surface area contributed by atoms with Crippen LogP contribution in [-0.2, 0) is 4.79 Å². The number of benzene rings is 1. The van der Waals surface area contributed by atoms with Gasteiger partial charge in [0.05, 0.1) is 0 Å². The summed E-state index contributed by atoms with van der Waals surface area (Å²) in [6.07, 6.45) is 10.4. The van der Waals surface area contributed by atoms with Gasteiger partial charge in [0.15, 0.2) is 0 Å². The second-order valence-corrected chi connectivity index (χ2v) is 6.60. The van der Waals surface area contributed by atoms with Crippen LogP contribution in [0, 0.1) is 5.92 Å². The second-order valence-electron chi connectivity index (χ2n) is 6.16. The maximum absolute atomic E-state index is 12.2. The Balaban J connectivity index is 1.55. The molecular formula is C18H20ClN3O. The van der Waals surface area contributed by atoms with Crippen molar-refractivity contribution < 1.29 is 4.79 Å². The average molecular weight is 330 g/mol. The number of anilines is 1. The summed E-state index contributed by atoms with van der Waals surface area (Å²) in [6, 6.07) is 7.21. The fraction of sp³-hybridized carbons (Fsp3) is 0.389. The summed E-state index contributed by atoms with van der Waals surface area (Å²) in [4.78, 5) is 20.5. The zero-order valence-corrected chi connectivity index (χ0v) is 13.7. The van der Waals surface area contributed by atoms with Crippen molar-refractivity contribution in [3.05, 3.63) is 53.6 Å². The topological polar surface area (TPSA) is 54.9 Å². The van der Waals surface area contributed by atoms with Gasteiger partial charge in [0.2, 0.25) is 5.91 Å². The van der Waals surface area contributed by atoms with Gasteiger partial charge in [-0.2, -0.15) is 0 Å². The summed E-state index contributed by atoms with van der Waals surface area (Å²) >= 11 is 5.86. The minimum absolute atomic E-state index is 0.0716. The van der Waals surface area contributed by atoms with Gasteiger partial charge in [0.1, 0.15) is 6.33 Å². The summed E-state index contributed by atoms with van der Waals surface area (Å²) < 4.78 is 0. The molecule has 1 fully saturated rings. The molecule has 0 aliphatic heterocycles. The van der Waals surface area contributed by atoms with Gasteiger partial charge >= 0.3 is 0 Å². The first kappa shape index (κ1) is 15.9. The molecule has 0 saturated heterocycles. The zero-order valence-electron chi connectivity index (χ0n) is 12.9. The Kier molecular flexibility index (Phi) is 5.23. The molecule has 4 nitrogen and oxygen atoms in total. The van der Waals surface area contributed by atoms with Crippen molar-refractivity contribution in [3.63, 3.8) is 0 Å². The lowest BCUT2D eigenvalue weighted by Gasteiger charge is -2.28. The largest absolute Gasteiger partial charge is 0.326 e. The number of nitrogens with one attached hydrogen (secondary N) is 1. The predicted octanol–water partition coefficient (Wildman–Crippen LogP) is 4.43. The molecule has 2 atom stereocenters. The highest BCUT2D eigenvalue weighted by Crippen LogP contribution is 2.37. The lowest BCUT2D eigenvalue weighted by Crippen LogP contribution is -2.21. The molecule has 1 amide bonds. The van der Waals surface area contributed by atoms with Crippen molar-refractivity contribution in [1.82, 2.24) is 9.97 Å². The summed E-state index contributed by atoms with van der Waals surface area (Å²) in [5, 5.41) is 3.62.